The minimum absolute atomic E-state index is 0. The third-order valence-corrected chi connectivity index (χ3v) is 3.01. The number of hydrogen-bond acceptors (Lipinski definition) is 0. The standard InChI is InChI=1S/2C9H13.2CH3.Zr/c2*1-9(2,3)8-6-4-5-7-8;;;/h2*4,6H,5H2,1-3H3;2*1H3;/q4*-1;+4. The van der Waals surface area contributed by atoms with E-state index in [-0.39, 0.29) is 41.1 Å². The summed E-state index contributed by atoms with van der Waals surface area (Å²) in [6.07, 6.45) is 17.3. The molecule has 116 valence electrons. The van der Waals surface area contributed by atoms with Crippen LogP contribution in [0.25, 0.3) is 0 Å². The van der Waals surface area contributed by atoms with Gasteiger partial charge in [0, 0.05) is 0 Å². The molecule has 0 aliphatic heterocycles. The van der Waals surface area contributed by atoms with Gasteiger partial charge in [-0.3, -0.25) is 12.2 Å². The molecule has 2 rings (SSSR count). The van der Waals surface area contributed by atoms with E-state index in [0.717, 1.165) is 12.8 Å². The van der Waals surface area contributed by atoms with Gasteiger partial charge in [0.25, 0.3) is 0 Å². The maximum Gasteiger partial charge on any atom is 4.00 e. The van der Waals surface area contributed by atoms with Crippen LogP contribution < -0.4 is 0 Å². The van der Waals surface area contributed by atoms with Crippen LogP contribution in [0.15, 0.2) is 35.5 Å². The van der Waals surface area contributed by atoms with Crippen LogP contribution in [-0.4, -0.2) is 0 Å². The minimum Gasteiger partial charge on any atom is -0.358 e. The summed E-state index contributed by atoms with van der Waals surface area (Å²) in [4.78, 5) is 0. The molecule has 0 atom stereocenters. The SMILES string of the molecule is CC(C)(C)C1=[C-]CC=C1.CC(C)(C)C1=[C-]CC=C1.[CH3-].[CH3-].[Zr+4]. The predicted molar refractivity (Wildman–Crippen MR) is 92.8 cm³/mol. The van der Waals surface area contributed by atoms with Gasteiger partial charge in [0.1, 0.15) is 0 Å². The Hall–Kier alpha value is -0.157. The van der Waals surface area contributed by atoms with Crippen LogP contribution >= 0.6 is 0 Å². The molecule has 0 bridgehead atoms. The van der Waals surface area contributed by atoms with Gasteiger partial charge >= 0.3 is 26.2 Å². The van der Waals surface area contributed by atoms with Gasteiger partial charge in [0.2, 0.25) is 0 Å². The molecule has 0 radical (unpaired) electrons. The third kappa shape index (κ3) is 9.46. The molecule has 0 nitrogen and oxygen atoms in total. The fourth-order valence-electron chi connectivity index (χ4n) is 1.84. The van der Waals surface area contributed by atoms with Crippen LogP contribution in [0.3, 0.4) is 0 Å². The Kier molecular flexibility index (Phi) is 12.9. The second-order valence-corrected chi connectivity index (χ2v) is 6.89. The third-order valence-electron chi connectivity index (χ3n) is 3.01. The predicted octanol–water partition coefficient (Wildman–Crippen LogP) is 6.34. The van der Waals surface area contributed by atoms with Gasteiger partial charge in [-0.05, 0) is 10.8 Å². The molecule has 0 amide bonds. The Labute approximate surface area is 153 Å². The van der Waals surface area contributed by atoms with Crippen molar-refractivity contribution in [3.8, 4) is 0 Å². The van der Waals surface area contributed by atoms with E-state index in [9.17, 15) is 0 Å². The van der Waals surface area contributed by atoms with E-state index >= 15 is 0 Å². The molecule has 0 saturated carbocycles. The van der Waals surface area contributed by atoms with Crippen molar-refractivity contribution in [2.45, 2.75) is 54.4 Å². The van der Waals surface area contributed by atoms with Crippen molar-refractivity contribution in [3.63, 3.8) is 0 Å². The van der Waals surface area contributed by atoms with Crippen LogP contribution in [0.4, 0.5) is 0 Å². The van der Waals surface area contributed by atoms with E-state index in [1.807, 2.05) is 0 Å². The summed E-state index contributed by atoms with van der Waals surface area (Å²) in [7, 11) is 0. The number of hydrogen-bond donors (Lipinski definition) is 0. The minimum atomic E-state index is 0. The number of rotatable bonds is 0. The summed E-state index contributed by atoms with van der Waals surface area (Å²) < 4.78 is 0. The molecule has 0 N–H and O–H groups in total. The average Bonchev–Trinajstić information content (AvgIpc) is 2.91. The summed E-state index contributed by atoms with van der Waals surface area (Å²) >= 11 is 0. The molecule has 0 spiro atoms. The van der Waals surface area contributed by atoms with Crippen molar-refractivity contribution in [2.75, 3.05) is 0 Å². The van der Waals surface area contributed by atoms with Crippen molar-refractivity contribution in [1.29, 1.82) is 0 Å². The zero-order chi connectivity index (χ0) is 13.8. The smallest absolute Gasteiger partial charge is 0.358 e. The summed E-state index contributed by atoms with van der Waals surface area (Å²) in [5.74, 6) is 0. The second-order valence-electron chi connectivity index (χ2n) is 6.89. The van der Waals surface area contributed by atoms with E-state index in [1.54, 1.807) is 0 Å². The monoisotopic (exact) mass is 362 g/mol. The van der Waals surface area contributed by atoms with Crippen molar-refractivity contribution in [1.82, 2.24) is 0 Å². The summed E-state index contributed by atoms with van der Waals surface area (Å²) in [5, 5.41) is 0. The van der Waals surface area contributed by atoms with Gasteiger partial charge in [-0.1, -0.05) is 41.5 Å². The molecule has 21 heavy (non-hydrogen) atoms. The fraction of sp³-hybridized carbons (Fsp3) is 0.500. The molecule has 0 fully saturated rings. The van der Waals surface area contributed by atoms with Gasteiger partial charge in [-0.25, -0.2) is 23.3 Å². The van der Waals surface area contributed by atoms with Gasteiger partial charge in [-0.2, -0.15) is 12.2 Å². The van der Waals surface area contributed by atoms with Crippen molar-refractivity contribution in [2.24, 2.45) is 10.8 Å². The quantitative estimate of drug-likeness (QED) is 0.440. The molecular formula is C20H32Zr. The first-order valence-electron chi connectivity index (χ1n) is 6.77. The molecule has 0 aromatic carbocycles. The van der Waals surface area contributed by atoms with E-state index in [2.05, 4.69) is 78.0 Å². The number of allylic oxidation sites excluding steroid dienone is 8. The Morgan fingerprint density at radius 3 is 1.10 bits per heavy atom. The molecule has 0 aromatic rings. The van der Waals surface area contributed by atoms with Crippen molar-refractivity contribution in [3.05, 3.63) is 62.5 Å². The molecule has 0 unspecified atom stereocenters. The van der Waals surface area contributed by atoms with Gasteiger partial charge < -0.3 is 14.9 Å². The van der Waals surface area contributed by atoms with Crippen LogP contribution in [0, 0.1) is 37.8 Å². The molecule has 0 aromatic heterocycles. The van der Waals surface area contributed by atoms with Gasteiger partial charge in [0.05, 0.1) is 0 Å². The maximum atomic E-state index is 3.30. The molecule has 0 heterocycles. The first-order valence-corrected chi connectivity index (χ1v) is 6.77. The van der Waals surface area contributed by atoms with Crippen LogP contribution in [0.2, 0.25) is 0 Å². The largest absolute Gasteiger partial charge is 4.00 e. The molecular weight excluding hydrogens is 331 g/mol. The van der Waals surface area contributed by atoms with E-state index in [4.69, 9.17) is 0 Å². The van der Waals surface area contributed by atoms with Crippen LogP contribution in [-0.2, 0) is 26.2 Å². The van der Waals surface area contributed by atoms with Crippen molar-refractivity contribution >= 4 is 0 Å². The van der Waals surface area contributed by atoms with Crippen LogP contribution in [0.1, 0.15) is 54.4 Å². The molecule has 2 aliphatic carbocycles. The van der Waals surface area contributed by atoms with Gasteiger partial charge in [-0.15, -0.1) is 12.8 Å². The topological polar surface area (TPSA) is 0 Å². The first kappa shape index (κ1) is 25.8. The van der Waals surface area contributed by atoms with E-state index in [1.165, 1.54) is 11.1 Å². The maximum absolute atomic E-state index is 3.30. The first-order chi connectivity index (χ1) is 8.21. The normalized spacial score (nSPS) is 15.7. The Morgan fingerprint density at radius 2 is 1.00 bits per heavy atom. The van der Waals surface area contributed by atoms with Crippen molar-refractivity contribution < 1.29 is 26.2 Å². The molecule has 1 heteroatoms. The summed E-state index contributed by atoms with van der Waals surface area (Å²) in [6.45, 7) is 13.3. The summed E-state index contributed by atoms with van der Waals surface area (Å²) in [6, 6.07) is 0. The Morgan fingerprint density at radius 1 is 0.714 bits per heavy atom. The molecule has 0 saturated heterocycles. The second kappa shape index (κ2) is 10.5. The van der Waals surface area contributed by atoms with E-state index in [0.29, 0.717) is 10.8 Å². The molecule has 2 aliphatic rings. The summed E-state index contributed by atoms with van der Waals surface area (Å²) in [5.41, 5.74) is 3.30. The van der Waals surface area contributed by atoms with Crippen LogP contribution in [0.5, 0.6) is 0 Å². The zero-order valence-corrected chi connectivity index (χ0v) is 17.7. The average molecular weight is 364 g/mol. The van der Waals surface area contributed by atoms with E-state index < -0.39 is 0 Å². The fourth-order valence-corrected chi connectivity index (χ4v) is 1.84. The zero-order valence-electron chi connectivity index (χ0n) is 15.2. The Balaban J connectivity index is -0.000000270. The van der Waals surface area contributed by atoms with Gasteiger partial charge in [0.15, 0.2) is 0 Å². The Bertz CT molecular complexity index is 353.